The minimum atomic E-state index is -0.774. The Hall–Kier alpha value is -1.06. The predicted molar refractivity (Wildman–Crippen MR) is 103 cm³/mol. The summed E-state index contributed by atoms with van der Waals surface area (Å²) in [5.74, 6) is -1.55. The first-order valence-electron chi connectivity index (χ1n) is 11.2. The third kappa shape index (κ3) is 9.05. The fourth-order valence-corrected chi connectivity index (χ4v) is 4.18. The van der Waals surface area contributed by atoms with Gasteiger partial charge >= 0.3 is 11.9 Å². The molecule has 2 aliphatic carbocycles. The number of esters is 2. The van der Waals surface area contributed by atoms with Gasteiger partial charge < -0.3 is 9.47 Å². The molecule has 4 heteroatoms. The summed E-state index contributed by atoms with van der Waals surface area (Å²) in [6.07, 6.45) is 20.1. The molecule has 2 rings (SSSR count). The zero-order valence-electron chi connectivity index (χ0n) is 16.5. The van der Waals surface area contributed by atoms with Crippen LogP contribution in [0.25, 0.3) is 0 Å². The van der Waals surface area contributed by atoms with Crippen LogP contribution in [0, 0.1) is 0 Å². The summed E-state index contributed by atoms with van der Waals surface area (Å²) in [6.45, 7) is 0. The SMILES string of the molecule is O=C(OC1CCCCCCCCC1)C(=O)OC1CCCCCCCCC1. The molecule has 150 valence electrons. The molecule has 0 spiro atoms. The Labute approximate surface area is 159 Å². The van der Waals surface area contributed by atoms with E-state index < -0.39 is 11.9 Å². The van der Waals surface area contributed by atoms with Crippen LogP contribution in [0.3, 0.4) is 0 Å². The van der Waals surface area contributed by atoms with Gasteiger partial charge in [0, 0.05) is 0 Å². The second-order valence-corrected chi connectivity index (χ2v) is 8.16. The topological polar surface area (TPSA) is 52.6 Å². The zero-order chi connectivity index (χ0) is 18.5. The normalized spacial score (nSPS) is 22.9. The smallest absolute Gasteiger partial charge is 0.417 e. The van der Waals surface area contributed by atoms with Crippen LogP contribution in [-0.2, 0) is 19.1 Å². The summed E-state index contributed by atoms with van der Waals surface area (Å²) >= 11 is 0. The standard InChI is InChI=1S/C22H38O4/c23-21(25-19-15-11-7-3-1-4-8-12-16-19)22(24)26-20-17-13-9-5-2-6-10-14-18-20/h19-20H,1-18H2. The van der Waals surface area contributed by atoms with Gasteiger partial charge in [0.05, 0.1) is 0 Å². The monoisotopic (exact) mass is 366 g/mol. The highest BCUT2D eigenvalue weighted by atomic mass is 16.6. The van der Waals surface area contributed by atoms with Crippen molar-refractivity contribution in [1.82, 2.24) is 0 Å². The van der Waals surface area contributed by atoms with Crippen LogP contribution >= 0.6 is 0 Å². The fourth-order valence-electron chi connectivity index (χ4n) is 4.18. The summed E-state index contributed by atoms with van der Waals surface area (Å²) in [6, 6.07) is 0. The molecule has 0 N–H and O–H groups in total. The van der Waals surface area contributed by atoms with E-state index in [9.17, 15) is 9.59 Å². The largest absolute Gasteiger partial charge is 0.454 e. The summed E-state index contributed by atoms with van der Waals surface area (Å²) in [5.41, 5.74) is 0. The van der Waals surface area contributed by atoms with E-state index in [-0.39, 0.29) is 12.2 Å². The van der Waals surface area contributed by atoms with Crippen LogP contribution in [0.15, 0.2) is 0 Å². The third-order valence-electron chi connectivity index (χ3n) is 5.82. The van der Waals surface area contributed by atoms with Crippen LogP contribution in [0.5, 0.6) is 0 Å². The van der Waals surface area contributed by atoms with Gasteiger partial charge in [0.1, 0.15) is 12.2 Å². The van der Waals surface area contributed by atoms with E-state index in [2.05, 4.69) is 0 Å². The number of carbonyl (C=O) groups is 2. The summed E-state index contributed by atoms with van der Waals surface area (Å²) in [5, 5.41) is 0. The highest BCUT2D eigenvalue weighted by Crippen LogP contribution is 2.21. The van der Waals surface area contributed by atoms with E-state index in [0.717, 1.165) is 51.4 Å². The van der Waals surface area contributed by atoms with Gasteiger partial charge in [-0.25, -0.2) is 9.59 Å². The Balaban J connectivity index is 1.75. The molecule has 0 aromatic carbocycles. The Bertz CT molecular complexity index is 349. The highest BCUT2D eigenvalue weighted by Gasteiger charge is 2.25. The lowest BCUT2D eigenvalue weighted by Gasteiger charge is -2.21. The van der Waals surface area contributed by atoms with E-state index in [4.69, 9.17) is 9.47 Å². The maximum atomic E-state index is 12.2. The molecule has 0 aromatic heterocycles. The van der Waals surface area contributed by atoms with Crippen molar-refractivity contribution in [1.29, 1.82) is 0 Å². The first-order chi connectivity index (χ1) is 12.8. The van der Waals surface area contributed by atoms with E-state index in [0.29, 0.717) is 0 Å². The van der Waals surface area contributed by atoms with E-state index in [1.165, 1.54) is 64.2 Å². The van der Waals surface area contributed by atoms with Gasteiger partial charge in [-0.1, -0.05) is 64.2 Å². The first kappa shape index (κ1) is 21.2. The Morgan fingerprint density at radius 2 is 0.654 bits per heavy atom. The molecule has 2 aliphatic rings. The van der Waals surface area contributed by atoms with Crippen molar-refractivity contribution >= 4 is 11.9 Å². The molecular formula is C22H38O4. The summed E-state index contributed by atoms with van der Waals surface area (Å²) in [4.78, 5) is 24.4. The Morgan fingerprint density at radius 1 is 0.423 bits per heavy atom. The van der Waals surface area contributed by atoms with E-state index in [1.54, 1.807) is 0 Å². The molecule has 4 nitrogen and oxygen atoms in total. The molecule has 2 fully saturated rings. The number of ether oxygens (including phenoxy) is 2. The summed E-state index contributed by atoms with van der Waals surface area (Å²) in [7, 11) is 0. The van der Waals surface area contributed by atoms with Crippen molar-refractivity contribution in [3.8, 4) is 0 Å². The lowest BCUT2D eigenvalue weighted by Crippen LogP contribution is -2.30. The average molecular weight is 367 g/mol. The average Bonchev–Trinajstić information content (AvgIpc) is 2.65. The molecule has 0 aliphatic heterocycles. The van der Waals surface area contributed by atoms with Crippen molar-refractivity contribution in [3.63, 3.8) is 0 Å². The van der Waals surface area contributed by atoms with Crippen LogP contribution in [0.2, 0.25) is 0 Å². The fraction of sp³-hybridized carbons (Fsp3) is 0.909. The molecule has 0 aromatic rings. The van der Waals surface area contributed by atoms with E-state index in [1.807, 2.05) is 0 Å². The first-order valence-corrected chi connectivity index (χ1v) is 11.2. The molecule has 0 heterocycles. The van der Waals surface area contributed by atoms with Gasteiger partial charge in [0.15, 0.2) is 0 Å². The van der Waals surface area contributed by atoms with Crippen molar-refractivity contribution < 1.29 is 19.1 Å². The lowest BCUT2D eigenvalue weighted by molar-refractivity contribution is -0.175. The lowest BCUT2D eigenvalue weighted by atomic mass is 9.99. The van der Waals surface area contributed by atoms with Gasteiger partial charge in [-0.3, -0.25) is 0 Å². The minimum Gasteiger partial charge on any atom is -0.454 e. The van der Waals surface area contributed by atoms with Gasteiger partial charge in [0.25, 0.3) is 0 Å². The molecule has 2 saturated carbocycles. The molecule has 0 atom stereocenters. The van der Waals surface area contributed by atoms with Crippen LogP contribution in [0.1, 0.15) is 116 Å². The van der Waals surface area contributed by atoms with Crippen molar-refractivity contribution in [2.45, 2.75) is 128 Å². The maximum absolute atomic E-state index is 12.2. The quantitative estimate of drug-likeness (QED) is 0.454. The Kier molecular flexibility index (Phi) is 10.8. The van der Waals surface area contributed by atoms with Gasteiger partial charge in [-0.2, -0.15) is 0 Å². The van der Waals surface area contributed by atoms with Crippen molar-refractivity contribution in [3.05, 3.63) is 0 Å². The second-order valence-electron chi connectivity index (χ2n) is 8.16. The molecule has 26 heavy (non-hydrogen) atoms. The predicted octanol–water partition coefficient (Wildman–Crippen LogP) is 5.86. The molecule has 0 bridgehead atoms. The molecule has 0 unspecified atom stereocenters. The number of hydrogen-bond donors (Lipinski definition) is 0. The molecule has 0 saturated heterocycles. The minimum absolute atomic E-state index is 0.114. The number of carbonyl (C=O) groups excluding carboxylic acids is 2. The van der Waals surface area contributed by atoms with Gasteiger partial charge in [0.2, 0.25) is 0 Å². The Morgan fingerprint density at radius 3 is 0.923 bits per heavy atom. The summed E-state index contributed by atoms with van der Waals surface area (Å²) < 4.78 is 11.0. The number of rotatable bonds is 2. The molecule has 0 amide bonds. The van der Waals surface area contributed by atoms with Crippen molar-refractivity contribution in [2.75, 3.05) is 0 Å². The maximum Gasteiger partial charge on any atom is 0.417 e. The van der Waals surface area contributed by atoms with Gasteiger partial charge in [-0.15, -0.1) is 0 Å². The van der Waals surface area contributed by atoms with Crippen LogP contribution < -0.4 is 0 Å². The van der Waals surface area contributed by atoms with Crippen LogP contribution in [0.4, 0.5) is 0 Å². The zero-order valence-corrected chi connectivity index (χ0v) is 16.5. The van der Waals surface area contributed by atoms with Crippen molar-refractivity contribution in [2.24, 2.45) is 0 Å². The second kappa shape index (κ2) is 13.2. The third-order valence-corrected chi connectivity index (χ3v) is 5.82. The molecular weight excluding hydrogens is 328 g/mol. The van der Waals surface area contributed by atoms with Crippen LogP contribution in [-0.4, -0.2) is 24.1 Å². The van der Waals surface area contributed by atoms with E-state index >= 15 is 0 Å². The van der Waals surface area contributed by atoms with Gasteiger partial charge in [-0.05, 0) is 51.4 Å². The number of hydrogen-bond acceptors (Lipinski definition) is 4. The molecule has 0 radical (unpaired) electrons. The highest BCUT2D eigenvalue weighted by molar-refractivity contribution is 6.29.